The molecule has 0 atom stereocenters. The third-order valence-corrected chi connectivity index (χ3v) is 2.20. The van der Waals surface area contributed by atoms with Crippen molar-refractivity contribution in [2.45, 2.75) is 32.6 Å². The Balaban J connectivity index is 2.26. The maximum absolute atomic E-state index is 11.7. The van der Waals surface area contributed by atoms with Crippen LogP contribution in [0.2, 0.25) is 0 Å². The highest BCUT2D eigenvalue weighted by Gasteiger charge is 2.08. The molecule has 0 bridgehead atoms. The number of nitrogens with one attached hydrogen (secondary N) is 2. The molecule has 2 N–H and O–H groups in total. The summed E-state index contributed by atoms with van der Waals surface area (Å²) in [5, 5.41) is 9.27. The second kappa shape index (κ2) is 7.05. The molecule has 7 heteroatoms. The lowest BCUT2D eigenvalue weighted by atomic mass is 10.1. The summed E-state index contributed by atoms with van der Waals surface area (Å²) in [7, 11) is 0. The molecule has 1 aromatic rings. The molecule has 0 aromatic carbocycles. The molecule has 0 saturated heterocycles. The molecule has 0 radical (unpaired) electrons. The Morgan fingerprint density at radius 1 is 1.56 bits per heavy atom. The van der Waals surface area contributed by atoms with Gasteiger partial charge >= 0.3 is 0 Å². The zero-order valence-electron chi connectivity index (χ0n) is 10.4. The van der Waals surface area contributed by atoms with Crippen molar-refractivity contribution >= 4 is 11.7 Å². The lowest BCUT2D eigenvalue weighted by Crippen LogP contribution is -2.15. The fraction of sp³-hybridized carbons (Fsp3) is 0.636. The Labute approximate surface area is 104 Å². The van der Waals surface area contributed by atoms with E-state index in [0.717, 1.165) is 5.69 Å². The van der Waals surface area contributed by atoms with Crippen molar-refractivity contribution in [1.82, 2.24) is 10.2 Å². The minimum atomic E-state index is -2.51. The van der Waals surface area contributed by atoms with E-state index in [9.17, 15) is 13.6 Å². The summed E-state index contributed by atoms with van der Waals surface area (Å²) in [5.41, 5.74) is 0.916. The summed E-state index contributed by atoms with van der Waals surface area (Å²) >= 11 is 0. The Morgan fingerprint density at radius 3 is 2.83 bits per heavy atom. The predicted octanol–water partition coefficient (Wildman–Crippen LogP) is 2.14. The van der Waals surface area contributed by atoms with E-state index in [1.54, 1.807) is 6.07 Å². The third-order valence-electron chi connectivity index (χ3n) is 2.20. The van der Waals surface area contributed by atoms with Crippen molar-refractivity contribution < 1.29 is 18.3 Å². The minimum absolute atomic E-state index is 0.0244. The normalized spacial score (nSPS) is 11.2. The molecular formula is C11H17F2N3O2. The van der Waals surface area contributed by atoms with E-state index < -0.39 is 13.0 Å². The van der Waals surface area contributed by atoms with Gasteiger partial charge in [-0.2, -0.15) is 5.10 Å². The molecule has 1 heterocycles. The summed E-state index contributed by atoms with van der Waals surface area (Å²) in [4.78, 5) is 11.4. The minimum Gasteiger partial charge on any atom is -0.375 e. The largest absolute Gasteiger partial charge is 0.375 e. The van der Waals surface area contributed by atoms with Gasteiger partial charge < -0.3 is 10.1 Å². The van der Waals surface area contributed by atoms with E-state index in [4.69, 9.17) is 0 Å². The lowest BCUT2D eigenvalue weighted by Gasteiger charge is -2.03. The SMILES string of the molecule is CC(C)c1cc(NC(=O)CCOCC(F)F)n[nH]1. The van der Waals surface area contributed by atoms with Crippen molar-refractivity contribution in [2.24, 2.45) is 0 Å². The average Bonchev–Trinajstić information content (AvgIpc) is 2.72. The number of aromatic amines is 1. The van der Waals surface area contributed by atoms with Crippen LogP contribution in [0.15, 0.2) is 6.07 Å². The molecule has 18 heavy (non-hydrogen) atoms. The Morgan fingerprint density at radius 2 is 2.28 bits per heavy atom. The Kier molecular flexibility index (Phi) is 5.70. The first kappa shape index (κ1) is 14.6. The number of hydrogen-bond donors (Lipinski definition) is 2. The van der Waals surface area contributed by atoms with Crippen LogP contribution >= 0.6 is 0 Å². The van der Waals surface area contributed by atoms with Crippen LogP contribution in [0.25, 0.3) is 0 Å². The predicted molar refractivity (Wildman–Crippen MR) is 62.7 cm³/mol. The zero-order chi connectivity index (χ0) is 13.5. The number of ether oxygens (including phenoxy) is 1. The van der Waals surface area contributed by atoms with E-state index in [2.05, 4.69) is 20.3 Å². The number of H-pyrrole nitrogens is 1. The molecule has 1 aromatic heterocycles. The molecule has 0 aliphatic carbocycles. The summed E-state index contributed by atoms with van der Waals surface area (Å²) < 4.78 is 28.1. The molecule has 0 aliphatic rings. The number of amides is 1. The molecule has 102 valence electrons. The van der Waals surface area contributed by atoms with Gasteiger partial charge in [0.2, 0.25) is 5.91 Å². The van der Waals surface area contributed by atoms with Crippen LogP contribution in [0.5, 0.6) is 0 Å². The van der Waals surface area contributed by atoms with E-state index in [1.807, 2.05) is 13.8 Å². The first-order valence-corrected chi connectivity index (χ1v) is 5.70. The van der Waals surface area contributed by atoms with E-state index in [0.29, 0.717) is 5.82 Å². The van der Waals surface area contributed by atoms with Crippen molar-refractivity contribution in [3.8, 4) is 0 Å². The maximum atomic E-state index is 11.7. The molecule has 1 amide bonds. The molecule has 0 unspecified atom stereocenters. The molecule has 1 rings (SSSR count). The summed E-state index contributed by atoms with van der Waals surface area (Å²) in [6.45, 7) is 3.32. The van der Waals surface area contributed by atoms with Gasteiger partial charge in [-0.3, -0.25) is 9.89 Å². The van der Waals surface area contributed by atoms with Gasteiger partial charge in [0.1, 0.15) is 6.61 Å². The van der Waals surface area contributed by atoms with Gasteiger partial charge in [-0.05, 0) is 5.92 Å². The van der Waals surface area contributed by atoms with Crippen molar-refractivity contribution in [3.63, 3.8) is 0 Å². The van der Waals surface area contributed by atoms with Gasteiger partial charge in [-0.15, -0.1) is 0 Å². The fourth-order valence-corrected chi connectivity index (χ4v) is 1.24. The number of carbonyl (C=O) groups is 1. The maximum Gasteiger partial charge on any atom is 0.261 e. The number of alkyl halides is 2. The topological polar surface area (TPSA) is 67.0 Å². The van der Waals surface area contributed by atoms with Crippen LogP contribution < -0.4 is 5.32 Å². The monoisotopic (exact) mass is 261 g/mol. The van der Waals surface area contributed by atoms with Gasteiger partial charge in [-0.25, -0.2) is 8.78 Å². The van der Waals surface area contributed by atoms with E-state index in [1.165, 1.54) is 0 Å². The first-order chi connectivity index (χ1) is 8.49. The van der Waals surface area contributed by atoms with Gasteiger partial charge in [0, 0.05) is 11.8 Å². The quantitative estimate of drug-likeness (QED) is 0.739. The van der Waals surface area contributed by atoms with Crippen LogP contribution in [0.3, 0.4) is 0 Å². The van der Waals surface area contributed by atoms with Crippen LogP contribution in [0.4, 0.5) is 14.6 Å². The average molecular weight is 261 g/mol. The highest BCUT2D eigenvalue weighted by molar-refractivity contribution is 5.89. The van der Waals surface area contributed by atoms with Gasteiger partial charge in [0.05, 0.1) is 13.0 Å². The molecule has 0 spiro atoms. The number of rotatable bonds is 7. The summed E-state index contributed by atoms with van der Waals surface area (Å²) in [5.74, 6) is 0.404. The van der Waals surface area contributed by atoms with Crippen molar-refractivity contribution in [1.29, 1.82) is 0 Å². The second-order valence-corrected chi connectivity index (χ2v) is 4.13. The number of hydrogen-bond acceptors (Lipinski definition) is 3. The molecule has 0 fully saturated rings. The number of nitrogens with zero attached hydrogens (tertiary/aromatic N) is 1. The first-order valence-electron chi connectivity index (χ1n) is 5.70. The number of halogens is 2. The van der Waals surface area contributed by atoms with Gasteiger partial charge in [0.25, 0.3) is 6.43 Å². The van der Waals surface area contributed by atoms with Crippen molar-refractivity contribution in [3.05, 3.63) is 11.8 Å². The highest BCUT2D eigenvalue weighted by atomic mass is 19.3. The number of aromatic nitrogens is 2. The number of anilines is 1. The zero-order valence-corrected chi connectivity index (χ0v) is 10.4. The second-order valence-electron chi connectivity index (χ2n) is 4.13. The smallest absolute Gasteiger partial charge is 0.261 e. The Bertz CT molecular complexity index is 380. The Hall–Kier alpha value is -1.50. The number of carbonyl (C=O) groups excluding carboxylic acids is 1. The molecular weight excluding hydrogens is 244 g/mol. The molecule has 0 aliphatic heterocycles. The van der Waals surface area contributed by atoms with E-state index >= 15 is 0 Å². The highest BCUT2D eigenvalue weighted by Crippen LogP contribution is 2.14. The fourth-order valence-electron chi connectivity index (χ4n) is 1.24. The van der Waals surface area contributed by atoms with Crippen LogP contribution in [-0.2, 0) is 9.53 Å². The summed E-state index contributed by atoms with van der Waals surface area (Å²) in [6, 6.07) is 1.74. The van der Waals surface area contributed by atoms with E-state index in [-0.39, 0.29) is 24.9 Å². The van der Waals surface area contributed by atoms with Gasteiger partial charge in [0.15, 0.2) is 5.82 Å². The standard InChI is InChI=1S/C11H17F2N3O2/c1-7(2)8-5-10(16-15-8)14-11(17)3-4-18-6-9(12)13/h5,7,9H,3-4,6H2,1-2H3,(H2,14,15,16,17). The molecule has 0 saturated carbocycles. The van der Waals surface area contributed by atoms with Crippen LogP contribution in [0.1, 0.15) is 31.9 Å². The summed E-state index contributed by atoms with van der Waals surface area (Å²) in [6.07, 6.45) is -2.48. The van der Waals surface area contributed by atoms with Gasteiger partial charge in [-0.1, -0.05) is 13.8 Å². The molecule has 5 nitrogen and oxygen atoms in total. The third kappa shape index (κ3) is 5.22. The lowest BCUT2D eigenvalue weighted by molar-refractivity contribution is -0.117. The van der Waals surface area contributed by atoms with Crippen LogP contribution in [-0.4, -0.2) is 35.7 Å². The van der Waals surface area contributed by atoms with Crippen LogP contribution in [0, 0.1) is 0 Å². The van der Waals surface area contributed by atoms with Crippen molar-refractivity contribution in [2.75, 3.05) is 18.5 Å².